The van der Waals surface area contributed by atoms with Gasteiger partial charge in [0.2, 0.25) is 5.89 Å². The highest BCUT2D eigenvalue weighted by Crippen LogP contribution is 2.40. The van der Waals surface area contributed by atoms with Gasteiger partial charge in [0.25, 0.3) is 5.91 Å². The second kappa shape index (κ2) is 7.11. The molecule has 6 nitrogen and oxygen atoms in total. The molecular formula is C22H21N3O3. The molecule has 0 bridgehead atoms. The Labute approximate surface area is 163 Å². The van der Waals surface area contributed by atoms with Crippen LogP contribution in [-0.4, -0.2) is 27.5 Å². The van der Waals surface area contributed by atoms with Crippen molar-refractivity contribution in [3.63, 3.8) is 0 Å². The van der Waals surface area contributed by atoms with Crippen molar-refractivity contribution in [3.05, 3.63) is 71.9 Å². The van der Waals surface area contributed by atoms with E-state index in [1.807, 2.05) is 53.4 Å². The van der Waals surface area contributed by atoms with Gasteiger partial charge in [0.1, 0.15) is 17.5 Å². The molecule has 1 aliphatic heterocycles. The number of hydrogen-bond acceptors (Lipinski definition) is 5. The van der Waals surface area contributed by atoms with Crippen LogP contribution in [0.2, 0.25) is 0 Å². The van der Waals surface area contributed by atoms with E-state index in [-0.39, 0.29) is 11.9 Å². The fraction of sp³-hybridized carbons (Fsp3) is 0.318. The van der Waals surface area contributed by atoms with Gasteiger partial charge in [-0.15, -0.1) is 0 Å². The van der Waals surface area contributed by atoms with Crippen molar-refractivity contribution in [1.82, 2.24) is 15.0 Å². The third-order valence-electron chi connectivity index (χ3n) is 5.29. The smallest absolute Gasteiger partial charge is 0.258 e. The average Bonchev–Trinajstić information content (AvgIpc) is 3.26. The Balaban J connectivity index is 1.40. The lowest BCUT2D eigenvalue weighted by Gasteiger charge is -2.23. The highest BCUT2D eigenvalue weighted by molar-refractivity contribution is 5.97. The summed E-state index contributed by atoms with van der Waals surface area (Å²) in [6.07, 6.45) is 3.99. The molecule has 0 N–H and O–H groups in total. The van der Waals surface area contributed by atoms with Crippen LogP contribution >= 0.6 is 0 Å². The van der Waals surface area contributed by atoms with Gasteiger partial charge in [-0.25, -0.2) is 0 Å². The minimum atomic E-state index is -0.169. The summed E-state index contributed by atoms with van der Waals surface area (Å²) in [6, 6.07) is 16.7. The molecule has 1 aliphatic carbocycles. The molecule has 1 saturated heterocycles. The number of carbonyl (C=O) groups is 1. The lowest BCUT2D eigenvalue weighted by atomic mass is 10.1. The van der Waals surface area contributed by atoms with Crippen LogP contribution in [0.4, 0.5) is 0 Å². The molecule has 0 radical (unpaired) electrons. The summed E-state index contributed by atoms with van der Waals surface area (Å²) in [5, 5.41) is 4.11. The highest BCUT2D eigenvalue weighted by atomic mass is 16.5. The quantitative estimate of drug-likeness (QED) is 0.646. The van der Waals surface area contributed by atoms with E-state index in [2.05, 4.69) is 10.1 Å². The fourth-order valence-electron chi connectivity index (χ4n) is 3.66. The van der Waals surface area contributed by atoms with E-state index in [0.29, 0.717) is 35.4 Å². The molecule has 3 aromatic rings. The molecule has 0 spiro atoms. The summed E-state index contributed by atoms with van der Waals surface area (Å²) < 4.78 is 11.5. The van der Waals surface area contributed by atoms with Gasteiger partial charge in [-0.05, 0) is 49.9 Å². The summed E-state index contributed by atoms with van der Waals surface area (Å²) >= 11 is 0. The van der Waals surface area contributed by atoms with Gasteiger partial charge in [-0.2, -0.15) is 4.98 Å². The Hall–Kier alpha value is -3.15. The molecule has 2 aromatic carbocycles. The third-order valence-corrected chi connectivity index (χ3v) is 5.29. The zero-order valence-corrected chi connectivity index (χ0v) is 15.5. The van der Waals surface area contributed by atoms with E-state index in [1.54, 1.807) is 6.07 Å². The first-order chi connectivity index (χ1) is 13.8. The Morgan fingerprint density at radius 3 is 2.64 bits per heavy atom. The van der Waals surface area contributed by atoms with E-state index in [0.717, 1.165) is 31.5 Å². The van der Waals surface area contributed by atoms with Crippen LogP contribution in [0, 0.1) is 0 Å². The van der Waals surface area contributed by atoms with Gasteiger partial charge >= 0.3 is 0 Å². The molecule has 1 unspecified atom stereocenters. The monoisotopic (exact) mass is 375 g/mol. The molecule has 2 aliphatic rings. The lowest BCUT2D eigenvalue weighted by molar-refractivity contribution is 0.0707. The molecule has 1 amide bonds. The average molecular weight is 375 g/mol. The fourth-order valence-corrected chi connectivity index (χ4v) is 3.66. The zero-order chi connectivity index (χ0) is 18.9. The lowest BCUT2D eigenvalue weighted by Crippen LogP contribution is -2.31. The maximum atomic E-state index is 13.4. The predicted octanol–water partition coefficient (Wildman–Crippen LogP) is 4.72. The van der Waals surface area contributed by atoms with Crippen molar-refractivity contribution in [3.8, 4) is 11.5 Å². The van der Waals surface area contributed by atoms with Crippen molar-refractivity contribution >= 4 is 5.91 Å². The first-order valence-electron chi connectivity index (χ1n) is 9.76. The van der Waals surface area contributed by atoms with E-state index in [9.17, 15) is 4.79 Å². The van der Waals surface area contributed by atoms with Crippen LogP contribution in [0.25, 0.3) is 0 Å². The van der Waals surface area contributed by atoms with Crippen molar-refractivity contribution in [2.75, 3.05) is 6.54 Å². The highest BCUT2D eigenvalue weighted by Gasteiger charge is 2.37. The maximum Gasteiger partial charge on any atom is 0.258 e. The van der Waals surface area contributed by atoms with E-state index in [1.165, 1.54) is 0 Å². The number of aromatic nitrogens is 2. The molecule has 2 fully saturated rings. The van der Waals surface area contributed by atoms with Crippen LogP contribution in [0.1, 0.15) is 59.7 Å². The summed E-state index contributed by atoms with van der Waals surface area (Å²) in [7, 11) is 0. The molecule has 2 heterocycles. The van der Waals surface area contributed by atoms with Gasteiger partial charge in [-0.3, -0.25) is 4.79 Å². The normalized spacial score (nSPS) is 19.0. The Morgan fingerprint density at radius 1 is 1.04 bits per heavy atom. The molecule has 5 rings (SSSR count). The summed E-state index contributed by atoms with van der Waals surface area (Å²) in [5.41, 5.74) is 0.542. The largest absolute Gasteiger partial charge is 0.457 e. The summed E-state index contributed by atoms with van der Waals surface area (Å²) in [5.74, 6) is 2.94. The molecule has 1 aromatic heterocycles. The first-order valence-corrected chi connectivity index (χ1v) is 9.76. The van der Waals surface area contributed by atoms with Crippen molar-refractivity contribution < 1.29 is 14.1 Å². The molecule has 142 valence electrons. The minimum Gasteiger partial charge on any atom is -0.457 e. The van der Waals surface area contributed by atoms with Gasteiger partial charge < -0.3 is 14.2 Å². The van der Waals surface area contributed by atoms with Crippen molar-refractivity contribution in [2.24, 2.45) is 0 Å². The number of likely N-dealkylation sites (tertiary alicyclic amines) is 1. The molecule has 6 heteroatoms. The second-order valence-electron chi connectivity index (χ2n) is 7.33. The topological polar surface area (TPSA) is 68.5 Å². The van der Waals surface area contributed by atoms with Crippen molar-refractivity contribution in [2.45, 2.75) is 37.6 Å². The molecule has 28 heavy (non-hydrogen) atoms. The van der Waals surface area contributed by atoms with Crippen LogP contribution in [0.3, 0.4) is 0 Å². The van der Waals surface area contributed by atoms with E-state index in [4.69, 9.17) is 9.26 Å². The maximum absolute atomic E-state index is 13.4. The Kier molecular flexibility index (Phi) is 4.31. The van der Waals surface area contributed by atoms with Crippen LogP contribution < -0.4 is 4.74 Å². The molecule has 1 saturated carbocycles. The van der Waals surface area contributed by atoms with E-state index >= 15 is 0 Å². The van der Waals surface area contributed by atoms with Gasteiger partial charge in [0, 0.05) is 12.5 Å². The Bertz CT molecular complexity index is 981. The first kappa shape index (κ1) is 17.0. The number of nitrogens with zero attached hydrogens (tertiary/aromatic N) is 3. The summed E-state index contributed by atoms with van der Waals surface area (Å²) in [4.78, 5) is 19.7. The number of amides is 1. The molecule has 1 atom stereocenters. The minimum absolute atomic E-state index is 0.0693. The number of carbonyl (C=O) groups excluding carboxylic acids is 1. The molecular weight excluding hydrogens is 354 g/mol. The van der Waals surface area contributed by atoms with Gasteiger partial charge in [0.05, 0.1) is 5.56 Å². The number of ether oxygens (including phenoxy) is 1. The third kappa shape index (κ3) is 3.26. The SMILES string of the molecule is O=C(c1ccccc1Oc1ccccc1)N1CCCC1c1nc(C2CC2)no1. The number of benzene rings is 2. The number of para-hydroxylation sites is 2. The van der Waals surface area contributed by atoms with Gasteiger partial charge in [0.15, 0.2) is 5.82 Å². The van der Waals surface area contributed by atoms with Crippen LogP contribution in [0.5, 0.6) is 11.5 Å². The number of hydrogen-bond donors (Lipinski definition) is 0. The second-order valence-corrected chi connectivity index (χ2v) is 7.33. The predicted molar refractivity (Wildman–Crippen MR) is 102 cm³/mol. The Morgan fingerprint density at radius 2 is 1.82 bits per heavy atom. The standard InChI is InChI=1S/C22H21N3O3/c26-22(17-9-4-5-11-19(17)27-16-7-2-1-3-8-16)25-14-6-10-18(25)21-23-20(24-28-21)15-12-13-15/h1-5,7-9,11,15,18H,6,10,12-14H2. The van der Waals surface area contributed by atoms with Gasteiger partial charge in [-0.1, -0.05) is 35.5 Å². The van der Waals surface area contributed by atoms with Crippen LogP contribution in [0.15, 0.2) is 59.1 Å². The zero-order valence-electron chi connectivity index (χ0n) is 15.5. The summed E-state index contributed by atoms with van der Waals surface area (Å²) in [6.45, 7) is 0.671. The number of rotatable bonds is 5. The van der Waals surface area contributed by atoms with Crippen molar-refractivity contribution in [1.29, 1.82) is 0 Å². The van der Waals surface area contributed by atoms with E-state index < -0.39 is 0 Å². The van der Waals surface area contributed by atoms with Crippen LogP contribution in [-0.2, 0) is 0 Å².